The quantitative estimate of drug-likeness (QED) is 0.654. The van der Waals surface area contributed by atoms with Crippen LogP contribution in [0.2, 0.25) is 0 Å². The summed E-state index contributed by atoms with van der Waals surface area (Å²) in [4.78, 5) is 23.8. The molecule has 21 heavy (non-hydrogen) atoms. The Labute approximate surface area is 122 Å². The summed E-state index contributed by atoms with van der Waals surface area (Å²) < 4.78 is 1.52. The van der Waals surface area contributed by atoms with Crippen molar-refractivity contribution in [1.29, 1.82) is 0 Å². The van der Waals surface area contributed by atoms with Crippen LogP contribution in [0.3, 0.4) is 0 Å². The van der Waals surface area contributed by atoms with Crippen LogP contribution in [0, 0.1) is 22.0 Å². The van der Waals surface area contributed by atoms with Gasteiger partial charge >= 0.3 is 11.7 Å². The first kappa shape index (κ1) is 15.3. The highest BCUT2D eigenvalue weighted by Crippen LogP contribution is 2.39. The topological polar surface area (TPSA) is 102 Å². The van der Waals surface area contributed by atoms with Gasteiger partial charge in [0.15, 0.2) is 0 Å². The molecule has 0 aromatic carbocycles. The molecule has 0 amide bonds. The molecule has 0 aliphatic carbocycles. The first-order chi connectivity index (χ1) is 9.73. The van der Waals surface area contributed by atoms with Crippen molar-refractivity contribution in [3.63, 3.8) is 0 Å². The monoisotopic (exact) mass is 296 g/mol. The number of aromatic nitrogens is 2. The molecule has 116 valence electrons. The van der Waals surface area contributed by atoms with Crippen molar-refractivity contribution in [3.8, 4) is 0 Å². The van der Waals surface area contributed by atoms with E-state index >= 15 is 0 Å². The molecule has 8 nitrogen and oxygen atoms in total. The van der Waals surface area contributed by atoms with Gasteiger partial charge in [-0.25, -0.2) is 4.68 Å². The second kappa shape index (κ2) is 5.34. The SMILES string of the molecule is CC(C)c1nn(C)c(N2CC(C(C)C(=O)O)C2)c1[N+](=O)[O-]. The number of hydrogen-bond acceptors (Lipinski definition) is 5. The molecule has 2 heterocycles. The van der Waals surface area contributed by atoms with E-state index in [0.29, 0.717) is 24.6 Å². The molecule has 0 saturated carbocycles. The summed E-state index contributed by atoms with van der Waals surface area (Å²) in [6, 6.07) is 0. The molecular weight excluding hydrogens is 276 g/mol. The molecule has 0 spiro atoms. The minimum atomic E-state index is -0.831. The van der Waals surface area contributed by atoms with E-state index in [1.807, 2.05) is 18.7 Å². The van der Waals surface area contributed by atoms with Crippen molar-refractivity contribution in [2.45, 2.75) is 26.7 Å². The Morgan fingerprint density at radius 1 is 1.43 bits per heavy atom. The standard InChI is InChI=1S/C13H20N4O4/c1-7(2)10-11(17(20)21)12(15(4)14-10)16-5-9(6-16)8(3)13(18)19/h7-9H,5-6H2,1-4H3,(H,18,19). The molecule has 0 bridgehead atoms. The molecule has 0 radical (unpaired) electrons. The molecule has 1 aromatic heterocycles. The first-order valence-electron chi connectivity index (χ1n) is 6.93. The fourth-order valence-electron chi connectivity index (χ4n) is 2.65. The number of carboxylic acid groups (broad SMARTS) is 1. The van der Waals surface area contributed by atoms with Gasteiger partial charge in [-0.2, -0.15) is 5.10 Å². The highest BCUT2D eigenvalue weighted by molar-refractivity contribution is 5.71. The third kappa shape index (κ3) is 2.57. The number of carbonyl (C=O) groups is 1. The van der Waals surface area contributed by atoms with Gasteiger partial charge in [-0.05, 0) is 0 Å². The maximum absolute atomic E-state index is 11.4. The van der Waals surface area contributed by atoms with Gasteiger partial charge in [0, 0.05) is 32.0 Å². The van der Waals surface area contributed by atoms with Crippen LogP contribution >= 0.6 is 0 Å². The van der Waals surface area contributed by atoms with E-state index < -0.39 is 16.8 Å². The maximum atomic E-state index is 11.4. The van der Waals surface area contributed by atoms with Gasteiger partial charge in [0.05, 0.1) is 10.8 Å². The molecular formula is C13H20N4O4. The zero-order valence-corrected chi connectivity index (χ0v) is 12.6. The zero-order chi connectivity index (χ0) is 15.9. The van der Waals surface area contributed by atoms with Gasteiger partial charge in [-0.15, -0.1) is 0 Å². The molecule has 1 fully saturated rings. The van der Waals surface area contributed by atoms with Crippen molar-refractivity contribution in [1.82, 2.24) is 9.78 Å². The van der Waals surface area contributed by atoms with E-state index in [1.54, 1.807) is 14.0 Å². The lowest BCUT2D eigenvalue weighted by atomic mass is 9.87. The van der Waals surface area contributed by atoms with E-state index in [-0.39, 0.29) is 17.5 Å². The van der Waals surface area contributed by atoms with Crippen molar-refractivity contribution in [2.24, 2.45) is 18.9 Å². The molecule has 8 heteroatoms. The number of nitrogens with zero attached hydrogens (tertiary/aromatic N) is 4. The van der Waals surface area contributed by atoms with Crippen LogP contribution in [0.25, 0.3) is 0 Å². The number of anilines is 1. The van der Waals surface area contributed by atoms with E-state index in [9.17, 15) is 14.9 Å². The van der Waals surface area contributed by atoms with Crippen molar-refractivity contribution >= 4 is 17.5 Å². The van der Waals surface area contributed by atoms with Crippen molar-refractivity contribution in [3.05, 3.63) is 15.8 Å². The number of aryl methyl sites for hydroxylation is 1. The number of nitro groups is 1. The van der Waals surface area contributed by atoms with E-state index in [2.05, 4.69) is 5.10 Å². The Balaban J connectivity index is 2.26. The zero-order valence-electron chi connectivity index (χ0n) is 12.6. The Bertz CT molecular complexity index is 575. The minimum absolute atomic E-state index is 0.0134. The van der Waals surface area contributed by atoms with Gasteiger partial charge in [0.2, 0.25) is 5.82 Å². The van der Waals surface area contributed by atoms with Gasteiger partial charge in [-0.3, -0.25) is 14.9 Å². The number of rotatable bonds is 5. The number of aliphatic carboxylic acids is 1. The fraction of sp³-hybridized carbons (Fsp3) is 0.692. The van der Waals surface area contributed by atoms with Gasteiger partial charge in [-0.1, -0.05) is 20.8 Å². The van der Waals surface area contributed by atoms with Crippen LogP contribution in [0.15, 0.2) is 0 Å². The predicted octanol–water partition coefficient (Wildman–Crippen LogP) is 1.61. The van der Waals surface area contributed by atoms with Crippen molar-refractivity contribution in [2.75, 3.05) is 18.0 Å². The molecule has 2 rings (SSSR count). The van der Waals surface area contributed by atoms with E-state index in [1.165, 1.54) is 4.68 Å². The van der Waals surface area contributed by atoms with Crippen LogP contribution in [-0.2, 0) is 11.8 Å². The summed E-state index contributed by atoms with van der Waals surface area (Å²) >= 11 is 0. The predicted molar refractivity (Wildman–Crippen MR) is 76.5 cm³/mol. The van der Waals surface area contributed by atoms with Gasteiger partial charge < -0.3 is 10.0 Å². The Hall–Kier alpha value is -2.12. The Morgan fingerprint density at radius 2 is 2.00 bits per heavy atom. The molecule has 1 aliphatic rings. The normalized spacial score (nSPS) is 16.9. The summed E-state index contributed by atoms with van der Waals surface area (Å²) in [5.41, 5.74) is 0.501. The summed E-state index contributed by atoms with van der Waals surface area (Å²) in [7, 11) is 1.68. The van der Waals surface area contributed by atoms with E-state index in [4.69, 9.17) is 5.11 Å². The summed E-state index contributed by atoms with van der Waals surface area (Å²) in [6.07, 6.45) is 0. The Morgan fingerprint density at radius 3 is 2.43 bits per heavy atom. The fourth-order valence-corrected chi connectivity index (χ4v) is 2.65. The Kier molecular flexibility index (Phi) is 3.89. The third-order valence-corrected chi connectivity index (χ3v) is 4.05. The third-order valence-electron chi connectivity index (χ3n) is 4.05. The van der Waals surface area contributed by atoms with Crippen LogP contribution in [0.1, 0.15) is 32.4 Å². The highest BCUT2D eigenvalue weighted by Gasteiger charge is 2.40. The summed E-state index contributed by atoms with van der Waals surface area (Å²) in [6.45, 7) is 6.41. The maximum Gasteiger partial charge on any atom is 0.334 e. The van der Waals surface area contributed by atoms with Crippen LogP contribution < -0.4 is 4.90 Å². The van der Waals surface area contributed by atoms with Crippen LogP contribution in [0.4, 0.5) is 11.5 Å². The number of carboxylic acids is 1. The molecule has 1 N–H and O–H groups in total. The number of hydrogen-bond donors (Lipinski definition) is 1. The van der Waals surface area contributed by atoms with Crippen LogP contribution in [0.5, 0.6) is 0 Å². The lowest BCUT2D eigenvalue weighted by molar-refractivity contribution is -0.385. The largest absolute Gasteiger partial charge is 0.481 e. The molecule has 1 saturated heterocycles. The van der Waals surface area contributed by atoms with Gasteiger partial charge in [0.25, 0.3) is 0 Å². The second-order valence-corrected chi connectivity index (χ2v) is 5.88. The average molecular weight is 296 g/mol. The molecule has 1 unspecified atom stereocenters. The second-order valence-electron chi connectivity index (χ2n) is 5.88. The summed E-state index contributed by atoms with van der Waals surface area (Å²) in [5.74, 6) is -0.836. The average Bonchev–Trinajstić information content (AvgIpc) is 2.65. The van der Waals surface area contributed by atoms with Crippen molar-refractivity contribution < 1.29 is 14.8 Å². The molecule has 1 atom stereocenters. The lowest BCUT2D eigenvalue weighted by Crippen LogP contribution is -2.51. The smallest absolute Gasteiger partial charge is 0.334 e. The summed E-state index contributed by atoms with van der Waals surface area (Å²) in [5, 5.41) is 24.6. The van der Waals surface area contributed by atoms with Gasteiger partial charge in [0.1, 0.15) is 5.69 Å². The lowest BCUT2D eigenvalue weighted by Gasteiger charge is -2.41. The highest BCUT2D eigenvalue weighted by atomic mass is 16.6. The molecule has 1 aromatic rings. The van der Waals surface area contributed by atoms with Crippen LogP contribution in [-0.4, -0.2) is 38.9 Å². The molecule has 1 aliphatic heterocycles. The van der Waals surface area contributed by atoms with E-state index in [0.717, 1.165) is 0 Å². The first-order valence-corrected chi connectivity index (χ1v) is 6.93. The minimum Gasteiger partial charge on any atom is -0.481 e.